The van der Waals surface area contributed by atoms with E-state index < -0.39 is 11.8 Å². The van der Waals surface area contributed by atoms with E-state index in [0.717, 1.165) is 51.4 Å². The van der Waals surface area contributed by atoms with Gasteiger partial charge in [-0.25, -0.2) is 9.37 Å². The molecule has 2 heterocycles. The van der Waals surface area contributed by atoms with Crippen molar-refractivity contribution in [1.29, 1.82) is 0 Å². The summed E-state index contributed by atoms with van der Waals surface area (Å²) in [7, 11) is 0. The number of carboxylic acid groups (broad SMARTS) is 1. The second-order valence-corrected chi connectivity index (χ2v) is 6.85. The summed E-state index contributed by atoms with van der Waals surface area (Å²) in [5.74, 6) is -1.36. The largest absolute Gasteiger partial charge is 0.481 e. The van der Waals surface area contributed by atoms with Crippen LogP contribution < -0.4 is 5.32 Å². The third-order valence-corrected chi connectivity index (χ3v) is 4.57. The topological polar surface area (TPSA) is 83.7 Å². The van der Waals surface area contributed by atoms with Gasteiger partial charge in [-0.2, -0.15) is 0 Å². The van der Waals surface area contributed by atoms with E-state index in [1.807, 2.05) is 0 Å². The lowest BCUT2D eigenvalue weighted by molar-refractivity contribution is -0.137. The van der Waals surface area contributed by atoms with Gasteiger partial charge in [-0.15, -0.1) is 0 Å². The van der Waals surface area contributed by atoms with Crippen LogP contribution in [0, 0.1) is 12.7 Å². The van der Waals surface area contributed by atoms with Crippen molar-refractivity contribution in [1.82, 2.24) is 14.7 Å². The predicted molar refractivity (Wildman–Crippen MR) is 101 cm³/mol. The van der Waals surface area contributed by atoms with Crippen LogP contribution in [0.2, 0.25) is 0 Å². The highest BCUT2D eigenvalue weighted by Crippen LogP contribution is 2.13. The third-order valence-electron chi connectivity index (χ3n) is 4.57. The fourth-order valence-electron chi connectivity index (χ4n) is 3.16. The van der Waals surface area contributed by atoms with Gasteiger partial charge in [-0.1, -0.05) is 38.5 Å². The van der Waals surface area contributed by atoms with Gasteiger partial charge >= 0.3 is 5.97 Å². The predicted octanol–water partition coefficient (Wildman–Crippen LogP) is 4.11. The number of hydrogen-bond acceptors (Lipinski definition) is 3. The maximum atomic E-state index is 13.4. The molecule has 0 unspecified atom stereocenters. The Morgan fingerprint density at radius 2 is 1.70 bits per heavy atom. The van der Waals surface area contributed by atoms with Crippen molar-refractivity contribution in [3.8, 4) is 0 Å². The Kier molecular flexibility index (Phi) is 8.23. The van der Waals surface area contributed by atoms with E-state index >= 15 is 0 Å². The fourth-order valence-corrected chi connectivity index (χ4v) is 3.16. The Morgan fingerprint density at radius 3 is 2.37 bits per heavy atom. The number of aliphatic carboxylic acids is 1. The van der Waals surface area contributed by atoms with Crippen molar-refractivity contribution < 1.29 is 19.1 Å². The van der Waals surface area contributed by atoms with Crippen molar-refractivity contribution in [3.05, 3.63) is 35.5 Å². The summed E-state index contributed by atoms with van der Waals surface area (Å²) < 4.78 is 14.9. The number of unbranched alkanes of at least 4 members (excludes halogenated alkanes) is 7. The molecule has 0 aromatic carbocycles. The summed E-state index contributed by atoms with van der Waals surface area (Å²) in [6.07, 6.45) is 9.65. The van der Waals surface area contributed by atoms with Crippen LogP contribution in [0.25, 0.3) is 5.65 Å². The van der Waals surface area contributed by atoms with E-state index in [2.05, 4.69) is 10.3 Å². The van der Waals surface area contributed by atoms with Crippen molar-refractivity contribution in [2.45, 2.75) is 64.7 Å². The molecule has 0 radical (unpaired) electrons. The van der Waals surface area contributed by atoms with E-state index in [-0.39, 0.29) is 12.3 Å². The number of halogens is 1. The highest BCUT2D eigenvalue weighted by atomic mass is 19.1. The third kappa shape index (κ3) is 6.66. The smallest absolute Gasteiger partial charge is 0.303 e. The second-order valence-electron chi connectivity index (χ2n) is 6.85. The Balaban J connectivity index is 1.61. The molecule has 0 aliphatic heterocycles. The van der Waals surface area contributed by atoms with Gasteiger partial charge in [0.2, 0.25) is 0 Å². The number of fused-ring (bicyclic) bond motifs is 1. The van der Waals surface area contributed by atoms with Crippen LogP contribution in [0.15, 0.2) is 18.3 Å². The van der Waals surface area contributed by atoms with Gasteiger partial charge < -0.3 is 10.4 Å². The van der Waals surface area contributed by atoms with E-state index in [0.29, 0.717) is 23.6 Å². The first-order valence-electron chi connectivity index (χ1n) is 9.63. The molecule has 0 bridgehead atoms. The first-order chi connectivity index (χ1) is 13.0. The minimum atomic E-state index is -0.721. The number of nitrogens with zero attached hydrogens (tertiary/aromatic N) is 2. The van der Waals surface area contributed by atoms with Crippen molar-refractivity contribution >= 4 is 17.5 Å². The molecule has 2 aromatic heterocycles. The lowest BCUT2D eigenvalue weighted by Gasteiger charge is -2.06. The molecule has 6 nitrogen and oxygen atoms in total. The molecule has 2 aromatic rings. The number of amides is 1. The van der Waals surface area contributed by atoms with Crippen LogP contribution >= 0.6 is 0 Å². The molecule has 0 aliphatic rings. The molecule has 0 fully saturated rings. The number of carboxylic acids is 1. The Bertz CT molecular complexity index is 773. The Hall–Kier alpha value is -2.44. The number of carbonyl (C=O) groups is 2. The monoisotopic (exact) mass is 377 g/mol. The van der Waals surface area contributed by atoms with Crippen molar-refractivity contribution in [2.75, 3.05) is 6.54 Å². The number of carbonyl (C=O) groups excluding carboxylic acids is 1. The van der Waals surface area contributed by atoms with Gasteiger partial charge in [0, 0.05) is 19.2 Å². The molecule has 2 N–H and O–H groups in total. The van der Waals surface area contributed by atoms with Crippen molar-refractivity contribution in [2.24, 2.45) is 0 Å². The van der Waals surface area contributed by atoms with Crippen LogP contribution in [0.3, 0.4) is 0 Å². The normalized spacial score (nSPS) is 11.0. The number of nitrogens with one attached hydrogen (secondary N) is 1. The molecule has 0 spiro atoms. The summed E-state index contributed by atoms with van der Waals surface area (Å²) >= 11 is 0. The molecule has 0 aliphatic carbocycles. The highest BCUT2D eigenvalue weighted by Gasteiger charge is 2.16. The summed E-state index contributed by atoms with van der Waals surface area (Å²) in [6, 6.07) is 2.89. The van der Waals surface area contributed by atoms with E-state index in [9.17, 15) is 14.0 Å². The average molecular weight is 377 g/mol. The average Bonchev–Trinajstić information content (AvgIpc) is 2.94. The number of rotatable bonds is 12. The number of aryl methyl sites for hydroxylation is 1. The van der Waals surface area contributed by atoms with Crippen LogP contribution in [0.1, 0.15) is 74.0 Å². The summed E-state index contributed by atoms with van der Waals surface area (Å²) in [4.78, 5) is 27.1. The molecule has 0 saturated heterocycles. The number of pyridine rings is 1. The van der Waals surface area contributed by atoms with Gasteiger partial charge in [0.15, 0.2) is 0 Å². The van der Waals surface area contributed by atoms with E-state index in [4.69, 9.17) is 5.11 Å². The molecule has 1 amide bonds. The summed E-state index contributed by atoms with van der Waals surface area (Å²) in [5.41, 5.74) is 1.52. The van der Waals surface area contributed by atoms with Gasteiger partial charge in [-0.3, -0.25) is 14.0 Å². The van der Waals surface area contributed by atoms with Crippen LogP contribution in [0.5, 0.6) is 0 Å². The molecule has 0 atom stereocenters. The first-order valence-corrected chi connectivity index (χ1v) is 9.63. The lowest BCUT2D eigenvalue weighted by Crippen LogP contribution is -2.26. The maximum Gasteiger partial charge on any atom is 0.303 e. The Labute approximate surface area is 158 Å². The minimum Gasteiger partial charge on any atom is -0.481 e. The molecule has 148 valence electrons. The highest BCUT2D eigenvalue weighted by molar-refractivity contribution is 5.94. The van der Waals surface area contributed by atoms with E-state index in [1.165, 1.54) is 16.7 Å². The standard InChI is InChI=1S/C20H28FN3O3/c1-15-19(24-14-16(21)11-12-17(24)23-15)20(27)22-13-9-7-5-3-2-4-6-8-10-18(25)26/h11-12,14H,2-10,13H2,1H3,(H,22,27)(H,25,26). The number of imidazole rings is 1. The zero-order valence-corrected chi connectivity index (χ0v) is 15.8. The molecule has 2 rings (SSSR count). The summed E-state index contributed by atoms with van der Waals surface area (Å²) in [6.45, 7) is 2.33. The second kappa shape index (κ2) is 10.6. The fraction of sp³-hybridized carbons (Fsp3) is 0.550. The molecule has 27 heavy (non-hydrogen) atoms. The van der Waals surface area contributed by atoms with Crippen LogP contribution in [-0.2, 0) is 4.79 Å². The molecular formula is C20H28FN3O3. The summed E-state index contributed by atoms with van der Waals surface area (Å²) in [5, 5.41) is 11.5. The minimum absolute atomic E-state index is 0.232. The van der Waals surface area contributed by atoms with Crippen molar-refractivity contribution in [3.63, 3.8) is 0 Å². The Morgan fingerprint density at radius 1 is 1.07 bits per heavy atom. The van der Waals surface area contributed by atoms with Gasteiger partial charge in [0.05, 0.1) is 5.69 Å². The van der Waals surface area contributed by atoms with Gasteiger partial charge in [0.1, 0.15) is 17.2 Å². The van der Waals surface area contributed by atoms with Crippen LogP contribution in [-0.4, -0.2) is 32.9 Å². The number of aromatic nitrogens is 2. The zero-order chi connectivity index (χ0) is 19.6. The SMILES string of the molecule is Cc1nc2ccc(F)cn2c1C(=O)NCCCCCCCCCCC(=O)O. The zero-order valence-electron chi connectivity index (χ0n) is 15.8. The lowest BCUT2D eigenvalue weighted by atomic mass is 10.1. The maximum absolute atomic E-state index is 13.4. The number of hydrogen-bond donors (Lipinski definition) is 2. The van der Waals surface area contributed by atoms with Gasteiger partial charge in [-0.05, 0) is 31.9 Å². The quantitative estimate of drug-likeness (QED) is 0.545. The van der Waals surface area contributed by atoms with Crippen LogP contribution in [0.4, 0.5) is 4.39 Å². The van der Waals surface area contributed by atoms with E-state index in [1.54, 1.807) is 13.0 Å². The molecular weight excluding hydrogens is 349 g/mol. The first kappa shape index (κ1) is 20.9. The molecule has 0 saturated carbocycles. The molecule has 7 heteroatoms. The van der Waals surface area contributed by atoms with Gasteiger partial charge in [0.25, 0.3) is 5.91 Å².